The highest BCUT2D eigenvalue weighted by atomic mass is 35.5. The second kappa shape index (κ2) is 21.7. The molecule has 5 rings (SSSR count). The van der Waals surface area contributed by atoms with Crippen molar-refractivity contribution in [1.82, 2.24) is 36.4 Å². The molecule has 2 aromatic rings. The smallest absolute Gasteiger partial charge is 0.319 e. The van der Waals surface area contributed by atoms with Crippen molar-refractivity contribution in [3.05, 3.63) is 75.8 Å². The number of carbonyl (C=O) groups excluding carboxylic acids is 9. The van der Waals surface area contributed by atoms with Crippen molar-refractivity contribution in [2.45, 2.75) is 96.9 Å². The van der Waals surface area contributed by atoms with Crippen LogP contribution < -0.4 is 31.9 Å². The van der Waals surface area contributed by atoms with E-state index in [9.17, 15) is 43.2 Å². The van der Waals surface area contributed by atoms with E-state index in [2.05, 4.69) is 31.9 Å². The average Bonchev–Trinajstić information content (AvgIpc) is 3.71. The highest BCUT2D eigenvalue weighted by molar-refractivity contribution is 7.99. The van der Waals surface area contributed by atoms with Gasteiger partial charge in [0, 0.05) is 60.9 Å². The van der Waals surface area contributed by atoms with Crippen molar-refractivity contribution in [3.63, 3.8) is 0 Å². The van der Waals surface area contributed by atoms with Crippen LogP contribution in [-0.2, 0) is 53.1 Å². The number of fused-ring (bicyclic) bond motifs is 1. The van der Waals surface area contributed by atoms with Crippen molar-refractivity contribution >= 4 is 82.3 Å². The zero-order chi connectivity index (χ0) is 44.2. The summed E-state index contributed by atoms with van der Waals surface area (Å²) in [4.78, 5) is 114. The number of urea groups is 1. The van der Waals surface area contributed by atoms with E-state index < -0.39 is 36.0 Å². The van der Waals surface area contributed by atoms with Gasteiger partial charge >= 0.3 is 6.03 Å². The van der Waals surface area contributed by atoms with Crippen LogP contribution in [0.1, 0.15) is 86.3 Å². The van der Waals surface area contributed by atoms with E-state index in [1.165, 1.54) is 28.8 Å². The summed E-state index contributed by atoms with van der Waals surface area (Å²) < 4.78 is 0. The Hall–Kier alpha value is -5.75. The Labute approximate surface area is 362 Å². The van der Waals surface area contributed by atoms with Crippen LogP contribution in [0.3, 0.4) is 0 Å². The first-order valence-corrected chi connectivity index (χ1v) is 21.7. The van der Waals surface area contributed by atoms with E-state index in [0.29, 0.717) is 47.7 Å². The van der Waals surface area contributed by atoms with Gasteiger partial charge in [-0.25, -0.2) is 4.79 Å². The van der Waals surface area contributed by atoms with Crippen LogP contribution in [0.4, 0.5) is 10.5 Å². The third kappa shape index (κ3) is 12.9. The number of amides is 10. The molecule has 0 aliphatic carbocycles. The van der Waals surface area contributed by atoms with Crippen molar-refractivity contribution < 1.29 is 43.2 Å². The Morgan fingerprint density at radius 1 is 0.902 bits per heavy atom. The molecule has 10 amide bonds. The Morgan fingerprint density at radius 2 is 1.66 bits per heavy atom. The number of imide groups is 2. The molecular formula is C42H51ClN8O9S. The SMILES string of the molecule is CC(C)[C@H](NC(=O)CCCCCN1C(=O)C=CC1=O)C(=O)N[C@@H](C)C(=O)NCSCCc1ccc(NC(=O)NCc2ccc3c(c2)CN(C2CCC(=O)NC2=O)C3=O)cc1Cl. The van der Waals surface area contributed by atoms with Gasteiger partial charge in [0.25, 0.3) is 17.7 Å². The molecule has 3 aliphatic rings. The van der Waals surface area contributed by atoms with Crippen molar-refractivity contribution in [2.24, 2.45) is 5.92 Å². The third-order valence-electron chi connectivity index (χ3n) is 10.4. The van der Waals surface area contributed by atoms with Gasteiger partial charge in [0.15, 0.2) is 0 Å². The summed E-state index contributed by atoms with van der Waals surface area (Å²) in [5, 5.41) is 16.5. The zero-order valence-corrected chi connectivity index (χ0v) is 35.8. The summed E-state index contributed by atoms with van der Waals surface area (Å²) in [6.07, 6.45) is 5.40. The lowest BCUT2D eigenvalue weighted by Crippen LogP contribution is -2.54. The predicted molar refractivity (Wildman–Crippen MR) is 228 cm³/mol. The molecule has 0 saturated carbocycles. The minimum absolute atomic E-state index is 0.174. The minimum atomic E-state index is -0.847. The van der Waals surface area contributed by atoms with Crippen LogP contribution in [0, 0.1) is 5.92 Å². The highest BCUT2D eigenvalue weighted by Gasteiger charge is 2.39. The quantitative estimate of drug-likeness (QED) is 0.0647. The molecule has 1 saturated heterocycles. The molecule has 19 heteroatoms. The van der Waals surface area contributed by atoms with Gasteiger partial charge in [-0.15, -0.1) is 11.8 Å². The maximum atomic E-state index is 13.0. The summed E-state index contributed by atoms with van der Waals surface area (Å²) in [5.41, 5.74) is 3.33. The first-order chi connectivity index (χ1) is 29.1. The third-order valence-corrected chi connectivity index (χ3v) is 11.6. The summed E-state index contributed by atoms with van der Waals surface area (Å²) in [5.74, 6) is -2.24. The second-order valence-corrected chi connectivity index (χ2v) is 16.9. The lowest BCUT2D eigenvalue weighted by molar-refractivity contribution is -0.138. The molecule has 1 fully saturated rings. The van der Waals surface area contributed by atoms with Gasteiger partial charge in [-0.1, -0.05) is 50.1 Å². The monoisotopic (exact) mass is 878 g/mol. The number of thioether (sulfide) groups is 1. The number of hydrogen-bond acceptors (Lipinski definition) is 10. The molecular weight excluding hydrogens is 828 g/mol. The van der Waals surface area contributed by atoms with E-state index in [1.807, 2.05) is 12.1 Å². The molecule has 0 radical (unpaired) electrons. The fraction of sp³-hybridized carbons (Fsp3) is 0.452. The van der Waals surface area contributed by atoms with Gasteiger partial charge in [0.05, 0.1) is 5.88 Å². The van der Waals surface area contributed by atoms with Gasteiger partial charge in [-0.2, -0.15) is 0 Å². The minimum Gasteiger partial charge on any atom is -0.345 e. The van der Waals surface area contributed by atoms with Crippen LogP contribution in [0.5, 0.6) is 0 Å². The van der Waals surface area contributed by atoms with Gasteiger partial charge in [-0.05, 0) is 79.2 Å². The first-order valence-electron chi connectivity index (χ1n) is 20.2. The molecule has 3 aliphatic heterocycles. The number of aryl methyl sites for hydroxylation is 1. The fourth-order valence-electron chi connectivity index (χ4n) is 6.99. The summed E-state index contributed by atoms with van der Waals surface area (Å²) in [6.45, 7) is 5.87. The molecule has 17 nitrogen and oxygen atoms in total. The van der Waals surface area contributed by atoms with Crippen molar-refractivity contribution in [3.8, 4) is 0 Å². The Balaban J connectivity index is 0.954. The normalized spacial score (nSPS) is 16.9. The highest BCUT2D eigenvalue weighted by Crippen LogP contribution is 2.28. The number of nitrogens with zero attached hydrogens (tertiary/aromatic N) is 2. The topological polar surface area (TPSA) is 232 Å². The van der Waals surface area contributed by atoms with Crippen LogP contribution in [0.15, 0.2) is 48.6 Å². The van der Waals surface area contributed by atoms with Crippen LogP contribution in [-0.4, -0.2) is 99.4 Å². The number of nitrogens with one attached hydrogen (secondary N) is 6. The Kier molecular flexibility index (Phi) is 16.5. The van der Waals surface area contributed by atoms with Gasteiger partial charge in [0.1, 0.15) is 18.1 Å². The van der Waals surface area contributed by atoms with Gasteiger partial charge in [0.2, 0.25) is 29.5 Å². The van der Waals surface area contributed by atoms with E-state index in [1.54, 1.807) is 45.0 Å². The lowest BCUT2D eigenvalue weighted by atomic mass is 10.0. The van der Waals surface area contributed by atoms with Gasteiger partial charge < -0.3 is 31.5 Å². The molecule has 1 unspecified atom stereocenters. The average molecular weight is 879 g/mol. The van der Waals surface area contributed by atoms with E-state index in [-0.39, 0.29) is 86.1 Å². The zero-order valence-electron chi connectivity index (χ0n) is 34.3. The van der Waals surface area contributed by atoms with E-state index in [0.717, 1.165) is 21.6 Å². The van der Waals surface area contributed by atoms with Crippen molar-refractivity contribution in [1.29, 1.82) is 0 Å². The predicted octanol–water partition coefficient (Wildman–Crippen LogP) is 2.90. The van der Waals surface area contributed by atoms with E-state index >= 15 is 0 Å². The molecule has 3 heterocycles. The number of benzene rings is 2. The number of rotatable bonds is 20. The fourth-order valence-corrected chi connectivity index (χ4v) is 8.01. The molecule has 326 valence electrons. The maximum Gasteiger partial charge on any atom is 0.319 e. The molecule has 0 aromatic heterocycles. The first kappa shape index (κ1) is 46.3. The number of anilines is 1. The van der Waals surface area contributed by atoms with E-state index in [4.69, 9.17) is 11.6 Å². The second-order valence-electron chi connectivity index (χ2n) is 15.3. The maximum absolute atomic E-state index is 13.0. The molecule has 2 aromatic carbocycles. The Morgan fingerprint density at radius 3 is 2.36 bits per heavy atom. The standard InChI is InChI=1S/C42H51ClN8O9S/c1-24(2)37(48-33(52)7-5-4-6-17-50-35(54)14-15-36(50)55)40(58)46-25(3)38(56)45-23-61-18-16-27-9-10-29(20-31(27)43)47-42(60)44-21-26-8-11-30-28(19-26)22-51(41(30)59)32-12-13-34(53)49-39(32)57/h8-11,14-15,19-20,24-25,32,37H,4-7,12-13,16-18,21-23H2,1-3H3,(H,45,56)(H,46,58)(H,48,52)(H2,44,47,60)(H,49,53,57)/t25-,32?,37-/m0/s1. The van der Waals surface area contributed by atoms with Crippen LogP contribution >= 0.6 is 23.4 Å². The number of carbonyl (C=O) groups is 9. The van der Waals surface area contributed by atoms with Crippen LogP contribution in [0.25, 0.3) is 0 Å². The summed E-state index contributed by atoms with van der Waals surface area (Å²) in [7, 11) is 0. The summed E-state index contributed by atoms with van der Waals surface area (Å²) >= 11 is 7.99. The number of unbranched alkanes of at least 4 members (excludes halogenated alkanes) is 2. The van der Waals surface area contributed by atoms with Crippen molar-refractivity contribution in [2.75, 3.05) is 23.5 Å². The lowest BCUT2D eigenvalue weighted by Gasteiger charge is -2.29. The number of halogens is 1. The van der Waals surface area contributed by atoms with Crippen LogP contribution in [0.2, 0.25) is 5.02 Å². The molecule has 0 bridgehead atoms. The molecule has 3 atom stereocenters. The largest absolute Gasteiger partial charge is 0.345 e. The Bertz CT molecular complexity index is 2080. The van der Waals surface area contributed by atoms with Gasteiger partial charge in [-0.3, -0.25) is 48.6 Å². The molecule has 61 heavy (non-hydrogen) atoms. The molecule has 6 N–H and O–H groups in total. The number of hydrogen-bond donors (Lipinski definition) is 6. The summed E-state index contributed by atoms with van der Waals surface area (Å²) in [6, 6.07) is 7.58. The number of piperidine rings is 1. The molecule has 0 spiro atoms.